The first kappa shape index (κ1) is 18.7. The predicted molar refractivity (Wildman–Crippen MR) is 97.0 cm³/mol. The third-order valence-corrected chi connectivity index (χ3v) is 4.67. The molecule has 0 bridgehead atoms. The molecular formula is C20H27ClO. The van der Waals surface area contributed by atoms with E-state index in [2.05, 4.69) is 39.8 Å². The van der Waals surface area contributed by atoms with Crippen molar-refractivity contribution in [2.45, 2.75) is 53.9 Å². The first-order valence-corrected chi connectivity index (χ1v) is 8.20. The number of hydrogen-bond acceptors (Lipinski definition) is 1. The zero-order chi connectivity index (χ0) is 16.8. The molecule has 0 aliphatic heterocycles. The summed E-state index contributed by atoms with van der Waals surface area (Å²) in [6.45, 7) is 10.8. The predicted octanol–water partition coefficient (Wildman–Crippen LogP) is 6.28. The van der Waals surface area contributed by atoms with Gasteiger partial charge >= 0.3 is 0 Å². The minimum absolute atomic E-state index is 0.260. The molecule has 22 heavy (non-hydrogen) atoms. The van der Waals surface area contributed by atoms with Crippen LogP contribution in [0.4, 0.5) is 0 Å². The number of hydrogen-bond donors (Lipinski definition) is 0. The van der Waals surface area contributed by atoms with Gasteiger partial charge in [-0.25, -0.2) is 0 Å². The Morgan fingerprint density at radius 2 is 1.86 bits per heavy atom. The number of aldehydes is 1. The first-order chi connectivity index (χ1) is 10.3. The first-order valence-electron chi connectivity index (χ1n) is 7.83. The van der Waals surface area contributed by atoms with E-state index in [4.69, 9.17) is 11.6 Å². The Labute approximate surface area is 140 Å². The Balaban J connectivity index is 2.90. The Hall–Kier alpha value is -1.34. The smallest absolute Gasteiger partial charge is 0.143 e. The van der Waals surface area contributed by atoms with E-state index in [1.165, 1.54) is 36.5 Å². The van der Waals surface area contributed by atoms with Gasteiger partial charge in [0, 0.05) is 5.03 Å². The van der Waals surface area contributed by atoms with Gasteiger partial charge in [-0.05, 0) is 68.7 Å². The molecule has 0 heterocycles. The summed E-state index contributed by atoms with van der Waals surface area (Å²) in [6.07, 6.45) is 14.2. The lowest BCUT2D eigenvalue weighted by molar-refractivity contribution is -0.104. The third-order valence-electron chi connectivity index (χ3n) is 4.24. The lowest BCUT2D eigenvalue weighted by Gasteiger charge is -2.32. The summed E-state index contributed by atoms with van der Waals surface area (Å²) in [7, 11) is 0. The van der Waals surface area contributed by atoms with Crippen LogP contribution in [0.25, 0.3) is 0 Å². The topological polar surface area (TPSA) is 17.1 Å². The van der Waals surface area contributed by atoms with Crippen molar-refractivity contribution in [3.8, 4) is 0 Å². The number of rotatable bonds is 5. The molecule has 0 saturated carbocycles. The van der Waals surface area contributed by atoms with Crippen molar-refractivity contribution in [2.75, 3.05) is 0 Å². The number of carbonyl (C=O) groups excluding carboxylic acids is 1. The summed E-state index contributed by atoms with van der Waals surface area (Å²) in [5.41, 5.74) is 5.13. The molecular weight excluding hydrogens is 292 g/mol. The van der Waals surface area contributed by atoms with Crippen LogP contribution in [0.3, 0.4) is 0 Å². The summed E-state index contributed by atoms with van der Waals surface area (Å²) in [4.78, 5) is 10.4. The fourth-order valence-corrected chi connectivity index (χ4v) is 2.92. The molecule has 0 amide bonds. The Bertz CT molecular complexity index is 569. The molecule has 1 aliphatic rings. The third kappa shape index (κ3) is 5.46. The zero-order valence-electron chi connectivity index (χ0n) is 14.4. The molecule has 0 fully saturated rings. The van der Waals surface area contributed by atoms with Crippen molar-refractivity contribution in [1.82, 2.24) is 0 Å². The van der Waals surface area contributed by atoms with Crippen LogP contribution in [0.1, 0.15) is 53.9 Å². The summed E-state index contributed by atoms with van der Waals surface area (Å²) >= 11 is 6.13. The van der Waals surface area contributed by atoms with E-state index >= 15 is 0 Å². The standard InChI is InChI=1S/C20H27ClO/c1-15(9-11-19(21)17(3)12-14-22)8-10-18-16(2)7-6-13-20(18,4)5/h8-12,14H,6-7,13H2,1-5H3/b10-8+,15-9+,17-12+,19-11-. The highest BCUT2D eigenvalue weighted by Crippen LogP contribution is 2.40. The average Bonchev–Trinajstić information content (AvgIpc) is 2.43. The van der Waals surface area contributed by atoms with E-state index in [0.29, 0.717) is 5.03 Å². The van der Waals surface area contributed by atoms with Gasteiger partial charge in [0.1, 0.15) is 6.29 Å². The van der Waals surface area contributed by atoms with E-state index in [1.54, 1.807) is 0 Å². The van der Waals surface area contributed by atoms with E-state index < -0.39 is 0 Å². The molecule has 2 heteroatoms. The minimum atomic E-state index is 0.260. The molecule has 0 unspecified atom stereocenters. The maximum atomic E-state index is 10.4. The summed E-state index contributed by atoms with van der Waals surface area (Å²) in [6, 6.07) is 0. The molecule has 0 aromatic rings. The van der Waals surface area contributed by atoms with Gasteiger partial charge in [0.05, 0.1) is 0 Å². The second-order valence-corrected chi connectivity index (χ2v) is 7.08. The van der Waals surface area contributed by atoms with Gasteiger partial charge in [0.25, 0.3) is 0 Å². The van der Waals surface area contributed by atoms with Gasteiger partial charge < -0.3 is 0 Å². The van der Waals surface area contributed by atoms with Crippen LogP contribution in [0.15, 0.2) is 57.7 Å². The molecule has 1 nitrogen and oxygen atoms in total. The second-order valence-electron chi connectivity index (χ2n) is 6.68. The Morgan fingerprint density at radius 1 is 1.18 bits per heavy atom. The van der Waals surface area contributed by atoms with Crippen LogP contribution in [-0.4, -0.2) is 6.29 Å². The van der Waals surface area contributed by atoms with E-state index in [9.17, 15) is 4.79 Å². The van der Waals surface area contributed by atoms with Crippen molar-refractivity contribution < 1.29 is 4.79 Å². The molecule has 0 aromatic heterocycles. The quantitative estimate of drug-likeness (QED) is 0.331. The molecule has 0 saturated heterocycles. The molecule has 120 valence electrons. The van der Waals surface area contributed by atoms with E-state index in [1.807, 2.05) is 19.1 Å². The summed E-state index contributed by atoms with van der Waals surface area (Å²) in [5, 5.41) is 0.591. The number of carbonyl (C=O) groups is 1. The van der Waals surface area contributed by atoms with Crippen molar-refractivity contribution in [2.24, 2.45) is 5.41 Å². The Morgan fingerprint density at radius 3 is 2.45 bits per heavy atom. The van der Waals surface area contributed by atoms with Crippen molar-refractivity contribution >= 4 is 17.9 Å². The lowest BCUT2D eigenvalue weighted by atomic mass is 9.72. The fraction of sp³-hybridized carbons (Fsp3) is 0.450. The van der Waals surface area contributed by atoms with Gasteiger partial charge in [-0.1, -0.05) is 54.8 Å². The normalized spacial score (nSPS) is 20.7. The van der Waals surface area contributed by atoms with E-state index in [0.717, 1.165) is 17.4 Å². The summed E-state index contributed by atoms with van der Waals surface area (Å²) < 4.78 is 0. The van der Waals surface area contributed by atoms with Crippen LogP contribution in [0, 0.1) is 5.41 Å². The monoisotopic (exact) mass is 318 g/mol. The van der Waals surface area contributed by atoms with Crippen molar-refractivity contribution in [3.05, 3.63) is 57.7 Å². The molecule has 0 N–H and O–H groups in total. The van der Waals surface area contributed by atoms with Crippen LogP contribution in [0.2, 0.25) is 0 Å². The molecule has 1 aliphatic carbocycles. The molecule has 0 spiro atoms. The summed E-state index contributed by atoms with van der Waals surface area (Å²) in [5.74, 6) is 0. The largest absolute Gasteiger partial charge is 0.299 e. The van der Waals surface area contributed by atoms with Crippen molar-refractivity contribution in [3.63, 3.8) is 0 Å². The highest BCUT2D eigenvalue weighted by molar-refractivity contribution is 6.32. The number of halogens is 1. The highest BCUT2D eigenvalue weighted by atomic mass is 35.5. The van der Waals surface area contributed by atoms with Crippen LogP contribution in [-0.2, 0) is 4.79 Å². The SMILES string of the molecule is CC1=C(/C=C/C(C)=C/C=C(Cl)/C(C)=C/C=O)C(C)(C)CCC1. The maximum absolute atomic E-state index is 10.4. The molecule has 0 radical (unpaired) electrons. The van der Waals surface area contributed by atoms with Gasteiger partial charge in [-0.3, -0.25) is 4.79 Å². The Kier molecular flexibility index (Phi) is 7.09. The molecule has 0 atom stereocenters. The number of allylic oxidation sites excluding steroid dienone is 10. The van der Waals surface area contributed by atoms with Gasteiger partial charge in [0.2, 0.25) is 0 Å². The maximum Gasteiger partial charge on any atom is 0.143 e. The zero-order valence-corrected chi connectivity index (χ0v) is 15.1. The van der Waals surface area contributed by atoms with Gasteiger partial charge in [-0.2, -0.15) is 0 Å². The van der Waals surface area contributed by atoms with E-state index in [-0.39, 0.29) is 5.41 Å². The van der Waals surface area contributed by atoms with Gasteiger partial charge in [0.15, 0.2) is 0 Å². The lowest BCUT2D eigenvalue weighted by Crippen LogP contribution is -2.19. The highest BCUT2D eigenvalue weighted by Gasteiger charge is 2.26. The van der Waals surface area contributed by atoms with Crippen LogP contribution in [0.5, 0.6) is 0 Å². The molecule has 1 rings (SSSR count). The van der Waals surface area contributed by atoms with Crippen LogP contribution < -0.4 is 0 Å². The van der Waals surface area contributed by atoms with Crippen LogP contribution >= 0.6 is 11.6 Å². The van der Waals surface area contributed by atoms with Gasteiger partial charge in [-0.15, -0.1) is 0 Å². The average molecular weight is 319 g/mol. The minimum Gasteiger partial charge on any atom is -0.299 e. The molecule has 0 aromatic carbocycles. The fourth-order valence-electron chi connectivity index (χ4n) is 2.80. The second kappa shape index (κ2) is 8.33. The van der Waals surface area contributed by atoms with Crippen molar-refractivity contribution in [1.29, 1.82) is 0 Å².